The van der Waals surface area contributed by atoms with Gasteiger partial charge >= 0.3 is 0 Å². The number of rotatable bonds is 2. The minimum absolute atomic E-state index is 0.0484. The number of amides is 1. The number of carbonyl (C=O) groups excluding carboxylic acids is 2. The Kier molecular flexibility index (Phi) is 2.78. The lowest BCUT2D eigenvalue weighted by atomic mass is 10.1. The fourth-order valence-corrected chi connectivity index (χ4v) is 2.22. The van der Waals surface area contributed by atoms with Gasteiger partial charge in [-0.15, -0.1) is 0 Å². The Bertz CT molecular complexity index is 469. The number of benzene rings is 1. The maximum absolute atomic E-state index is 11.5. The minimum atomic E-state index is -0.115. The smallest absolute Gasteiger partial charge is 0.243 e. The predicted molar refractivity (Wildman–Crippen MR) is 64.1 cm³/mol. The molecule has 0 unspecified atom stereocenters. The van der Waals surface area contributed by atoms with Gasteiger partial charge in [-0.3, -0.25) is 19.9 Å². The molecular formula is C11H10N2O2S. The number of thioether (sulfide) groups is 1. The number of hydrogen-bond donors (Lipinski definition) is 1. The van der Waals surface area contributed by atoms with Crippen molar-refractivity contribution in [1.82, 2.24) is 0 Å². The van der Waals surface area contributed by atoms with E-state index in [-0.39, 0.29) is 16.9 Å². The summed E-state index contributed by atoms with van der Waals surface area (Å²) in [4.78, 5) is 24.1. The van der Waals surface area contributed by atoms with Crippen molar-refractivity contribution in [2.24, 2.45) is 0 Å². The van der Waals surface area contributed by atoms with Gasteiger partial charge < -0.3 is 0 Å². The summed E-state index contributed by atoms with van der Waals surface area (Å²) in [6.07, 6.45) is 0. The van der Waals surface area contributed by atoms with E-state index in [1.54, 1.807) is 24.3 Å². The van der Waals surface area contributed by atoms with E-state index in [0.717, 1.165) is 0 Å². The van der Waals surface area contributed by atoms with Gasteiger partial charge in [-0.1, -0.05) is 23.9 Å². The van der Waals surface area contributed by atoms with Crippen LogP contribution in [0.3, 0.4) is 0 Å². The van der Waals surface area contributed by atoms with Gasteiger partial charge in [-0.25, -0.2) is 0 Å². The van der Waals surface area contributed by atoms with Gasteiger partial charge in [-0.2, -0.15) is 0 Å². The van der Waals surface area contributed by atoms with Crippen molar-refractivity contribution in [1.29, 1.82) is 5.41 Å². The molecule has 1 aromatic rings. The van der Waals surface area contributed by atoms with E-state index in [2.05, 4.69) is 0 Å². The van der Waals surface area contributed by atoms with Crippen LogP contribution in [0.1, 0.15) is 17.3 Å². The predicted octanol–water partition coefficient (Wildman–Crippen LogP) is 1.90. The van der Waals surface area contributed by atoms with E-state index >= 15 is 0 Å². The first-order chi connectivity index (χ1) is 7.59. The second-order valence-electron chi connectivity index (χ2n) is 3.43. The third kappa shape index (κ3) is 1.86. The normalized spacial score (nSPS) is 15.7. The summed E-state index contributed by atoms with van der Waals surface area (Å²) in [7, 11) is 0. The van der Waals surface area contributed by atoms with Gasteiger partial charge in [0.1, 0.15) is 0 Å². The molecule has 82 valence electrons. The molecule has 2 rings (SSSR count). The number of amidine groups is 1. The van der Waals surface area contributed by atoms with Crippen molar-refractivity contribution >= 4 is 34.3 Å². The van der Waals surface area contributed by atoms with Crippen molar-refractivity contribution in [3.05, 3.63) is 29.8 Å². The lowest BCUT2D eigenvalue weighted by Crippen LogP contribution is -2.28. The van der Waals surface area contributed by atoms with Crippen LogP contribution in [0.5, 0.6) is 0 Å². The molecule has 5 heteroatoms. The summed E-state index contributed by atoms with van der Waals surface area (Å²) < 4.78 is 0. The van der Waals surface area contributed by atoms with Crippen LogP contribution < -0.4 is 4.90 Å². The summed E-state index contributed by atoms with van der Waals surface area (Å²) in [5.41, 5.74) is 1.14. The lowest BCUT2D eigenvalue weighted by molar-refractivity contribution is -0.115. The number of nitrogens with one attached hydrogen (secondary N) is 1. The summed E-state index contributed by atoms with van der Waals surface area (Å²) >= 11 is 1.20. The number of hydrogen-bond acceptors (Lipinski definition) is 4. The van der Waals surface area contributed by atoms with Gasteiger partial charge in [0.15, 0.2) is 11.0 Å². The number of anilines is 1. The highest BCUT2D eigenvalue weighted by atomic mass is 32.2. The number of nitrogens with zero attached hydrogens (tertiary/aromatic N) is 1. The van der Waals surface area contributed by atoms with E-state index in [1.807, 2.05) is 0 Å². The molecule has 1 amide bonds. The number of carbonyl (C=O) groups is 2. The number of ketones is 1. The van der Waals surface area contributed by atoms with Crippen LogP contribution in [-0.4, -0.2) is 22.6 Å². The van der Waals surface area contributed by atoms with Crippen molar-refractivity contribution in [2.45, 2.75) is 6.92 Å². The Balaban J connectivity index is 2.40. The Morgan fingerprint density at radius 1 is 1.50 bits per heavy atom. The standard InChI is InChI=1S/C11H10N2O2S/c1-7(14)8-3-2-4-9(5-8)13-10(15)6-16-11(13)12/h2-5,12H,6H2,1H3. The molecule has 0 saturated carbocycles. The SMILES string of the molecule is CC(=O)c1cccc(N2C(=N)SCC2=O)c1. The molecule has 4 nitrogen and oxygen atoms in total. The first-order valence-electron chi connectivity index (χ1n) is 4.75. The molecule has 1 aromatic carbocycles. The average Bonchev–Trinajstić information content (AvgIpc) is 2.59. The van der Waals surface area contributed by atoms with Crippen LogP contribution >= 0.6 is 11.8 Å². The molecule has 1 heterocycles. The fourth-order valence-electron chi connectivity index (χ4n) is 1.50. The van der Waals surface area contributed by atoms with Gasteiger partial charge in [0, 0.05) is 5.56 Å². The molecule has 0 aromatic heterocycles. The maximum Gasteiger partial charge on any atom is 0.243 e. The summed E-state index contributed by atoms with van der Waals surface area (Å²) in [5.74, 6) is 0.131. The van der Waals surface area contributed by atoms with Crippen LogP contribution in [0.15, 0.2) is 24.3 Å². The van der Waals surface area contributed by atoms with Gasteiger partial charge in [0.05, 0.1) is 11.4 Å². The molecule has 1 N–H and O–H groups in total. The second kappa shape index (κ2) is 4.09. The average molecular weight is 234 g/mol. The summed E-state index contributed by atoms with van der Waals surface area (Å²) in [6.45, 7) is 1.48. The third-order valence-corrected chi connectivity index (χ3v) is 3.14. The molecule has 0 bridgehead atoms. The zero-order valence-electron chi connectivity index (χ0n) is 8.69. The highest BCUT2D eigenvalue weighted by Gasteiger charge is 2.28. The van der Waals surface area contributed by atoms with Crippen molar-refractivity contribution in [2.75, 3.05) is 10.7 Å². The zero-order chi connectivity index (χ0) is 11.7. The minimum Gasteiger partial charge on any atom is -0.295 e. The van der Waals surface area contributed by atoms with E-state index in [9.17, 15) is 9.59 Å². The van der Waals surface area contributed by atoms with E-state index < -0.39 is 0 Å². The zero-order valence-corrected chi connectivity index (χ0v) is 9.50. The highest BCUT2D eigenvalue weighted by molar-refractivity contribution is 8.15. The van der Waals surface area contributed by atoms with E-state index in [0.29, 0.717) is 17.0 Å². The quantitative estimate of drug-likeness (QED) is 0.795. The molecule has 0 aliphatic carbocycles. The van der Waals surface area contributed by atoms with Crippen LogP contribution in [0.2, 0.25) is 0 Å². The Morgan fingerprint density at radius 3 is 2.81 bits per heavy atom. The molecule has 0 atom stereocenters. The first-order valence-corrected chi connectivity index (χ1v) is 5.73. The van der Waals surface area contributed by atoms with Crippen LogP contribution in [0.4, 0.5) is 5.69 Å². The van der Waals surface area contributed by atoms with Crippen molar-refractivity contribution < 1.29 is 9.59 Å². The summed E-state index contributed by atoms with van der Waals surface area (Å²) in [6, 6.07) is 6.78. The van der Waals surface area contributed by atoms with Gasteiger partial charge in [-0.05, 0) is 19.1 Å². The van der Waals surface area contributed by atoms with Gasteiger partial charge in [0.25, 0.3) is 0 Å². The summed E-state index contributed by atoms with van der Waals surface area (Å²) in [5, 5.41) is 7.85. The molecule has 1 aliphatic rings. The van der Waals surface area contributed by atoms with Gasteiger partial charge in [0.2, 0.25) is 5.91 Å². The Morgan fingerprint density at radius 2 is 2.25 bits per heavy atom. The molecule has 0 spiro atoms. The molecule has 1 aliphatic heterocycles. The van der Waals surface area contributed by atoms with E-state index in [1.165, 1.54) is 23.6 Å². The van der Waals surface area contributed by atoms with Crippen molar-refractivity contribution in [3.8, 4) is 0 Å². The molecule has 1 saturated heterocycles. The maximum atomic E-state index is 11.5. The molecule has 16 heavy (non-hydrogen) atoms. The van der Waals surface area contributed by atoms with Crippen LogP contribution in [0, 0.1) is 5.41 Å². The topological polar surface area (TPSA) is 61.2 Å². The first kappa shape index (κ1) is 10.9. The lowest BCUT2D eigenvalue weighted by Gasteiger charge is -2.15. The van der Waals surface area contributed by atoms with Crippen molar-refractivity contribution in [3.63, 3.8) is 0 Å². The molecular weight excluding hydrogens is 224 g/mol. The monoisotopic (exact) mass is 234 g/mol. The highest BCUT2D eigenvalue weighted by Crippen LogP contribution is 2.26. The second-order valence-corrected chi connectivity index (χ2v) is 4.39. The number of Topliss-reactive ketones (excluding diaryl/α,β-unsaturated/α-hetero) is 1. The van der Waals surface area contributed by atoms with Crippen LogP contribution in [0.25, 0.3) is 0 Å². The molecule has 1 fully saturated rings. The fraction of sp³-hybridized carbons (Fsp3) is 0.182. The largest absolute Gasteiger partial charge is 0.295 e. The Labute approximate surface area is 97.1 Å². The third-order valence-electron chi connectivity index (χ3n) is 2.30. The van der Waals surface area contributed by atoms with E-state index in [4.69, 9.17) is 5.41 Å². The Hall–Kier alpha value is -1.62. The molecule has 0 radical (unpaired) electrons. The van der Waals surface area contributed by atoms with Crippen LogP contribution in [-0.2, 0) is 4.79 Å².